The Labute approximate surface area is 290 Å². The molecule has 0 amide bonds. The van der Waals surface area contributed by atoms with Crippen molar-refractivity contribution in [1.29, 1.82) is 0 Å². The van der Waals surface area contributed by atoms with E-state index in [2.05, 4.69) is 163 Å². The van der Waals surface area contributed by atoms with Gasteiger partial charge in [0.2, 0.25) is 0 Å². The van der Waals surface area contributed by atoms with Crippen LogP contribution in [-0.2, 0) is 0 Å². The first-order chi connectivity index (χ1) is 24.3. The van der Waals surface area contributed by atoms with Crippen LogP contribution >= 0.6 is 11.8 Å². The zero-order valence-corrected chi connectivity index (χ0v) is 27.9. The van der Waals surface area contributed by atoms with Crippen LogP contribution in [0.2, 0.25) is 0 Å². The van der Waals surface area contributed by atoms with E-state index in [0.29, 0.717) is 17.1 Å². The van der Waals surface area contributed by atoms with Gasteiger partial charge < -0.3 is 0 Å². The van der Waals surface area contributed by atoms with E-state index in [0.717, 1.165) is 29.9 Å². The van der Waals surface area contributed by atoms with E-state index in [4.69, 9.17) is 9.97 Å². The lowest BCUT2D eigenvalue weighted by Crippen LogP contribution is -2.22. The Morgan fingerprint density at radius 2 is 1.22 bits per heavy atom. The Bertz CT molecular complexity index is 2520. The SMILES string of the molecule is c1ccc(-c2ccc(-c3nc(-c4c5ccccc5cc5c4ccc4ccccc45)cc(C4CCC5c6ccccc6SC5C4)n3)cc2)cc1. The van der Waals surface area contributed by atoms with Crippen molar-refractivity contribution in [2.45, 2.75) is 41.2 Å². The quantitative estimate of drug-likeness (QED) is 0.141. The maximum Gasteiger partial charge on any atom is 0.160 e. The molecule has 2 heterocycles. The summed E-state index contributed by atoms with van der Waals surface area (Å²) in [6, 6.07) is 55.2. The van der Waals surface area contributed by atoms with E-state index in [1.807, 2.05) is 0 Å². The summed E-state index contributed by atoms with van der Waals surface area (Å²) in [4.78, 5) is 12.3. The molecule has 1 aliphatic carbocycles. The molecule has 0 bridgehead atoms. The smallest absolute Gasteiger partial charge is 0.160 e. The molecule has 1 aromatic heterocycles. The molecular formula is C46H34N2S. The van der Waals surface area contributed by atoms with Gasteiger partial charge in [-0.15, -0.1) is 11.8 Å². The minimum atomic E-state index is 0.384. The predicted molar refractivity (Wildman–Crippen MR) is 206 cm³/mol. The molecule has 3 heteroatoms. The fourth-order valence-electron chi connectivity index (χ4n) is 8.41. The van der Waals surface area contributed by atoms with Crippen molar-refractivity contribution >= 4 is 44.1 Å². The number of aromatic nitrogens is 2. The Hall–Kier alpha value is -5.25. The van der Waals surface area contributed by atoms with Gasteiger partial charge in [-0.05, 0) is 92.4 Å². The third-order valence-corrected chi connectivity index (χ3v) is 12.3. The average molecular weight is 647 g/mol. The minimum absolute atomic E-state index is 0.384. The lowest BCUT2D eigenvalue weighted by molar-refractivity contribution is 0.406. The molecule has 1 fully saturated rings. The summed E-state index contributed by atoms with van der Waals surface area (Å²) in [5, 5.41) is 8.08. The minimum Gasteiger partial charge on any atom is -0.233 e. The van der Waals surface area contributed by atoms with Crippen LogP contribution in [0, 0.1) is 0 Å². The van der Waals surface area contributed by atoms with E-state index in [9.17, 15) is 0 Å². The number of fused-ring (bicyclic) bond motifs is 7. The number of rotatable bonds is 4. The van der Waals surface area contributed by atoms with Crippen LogP contribution in [0.5, 0.6) is 0 Å². The van der Waals surface area contributed by atoms with Crippen LogP contribution in [-0.4, -0.2) is 15.2 Å². The van der Waals surface area contributed by atoms with Gasteiger partial charge in [-0.2, -0.15) is 0 Å². The van der Waals surface area contributed by atoms with Gasteiger partial charge in [-0.3, -0.25) is 0 Å². The second-order valence-electron chi connectivity index (χ2n) is 13.6. The first-order valence-corrected chi connectivity index (χ1v) is 18.3. The molecule has 2 aliphatic rings. The highest BCUT2D eigenvalue weighted by Crippen LogP contribution is 2.54. The normalized spacial score (nSPS) is 18.5. The van der Waals surface area contributed by atoms with Crippen LogP contribution in [0.25, 0.3) is 66.1 Å². The zero-order valence-electron chi connectivity index (χ0n) is 27.1. The lowest BCUT2D eigenvalue weighted by Gasteiger charge is -2.31. The number of hydrogen-bond donors (Lipinski definition) is 0. The van der Waals surface area contributed by atoms with Gasteiger partial charge in [0, 0.05) is 32.9 Å². The van der Waals surface area contributed by atoms with E-state index < -0.39 is 0 Å². The largest absolute Gasteiger partial charge is 0.233 e. The summed E-state index contributed by atoms with van der Waals surface area (Å²) >= 11 is 2.08. The molecule has 1 aliphatic heterocycles. The Morgan fingerprint density at radius 3 is 2.10 bits per heavy atom. The summed E-state index contributed by atoms with van der Waals surface area (Å²) in [5.41, 5.74) is 8.38. The predicted octanol–water partition coefficient (Wildman–Crippen LogP) is 12.5. The van der Waals surface area contributed by atoms with E-state index in [1.54, 1.807) is 5.56 Å². The molecule has 49 heavy (non-hydrogen) atoms. The summed E-state index contributed by atoms with van der Waals surface area (Å²) < 4.78 is 0. The molecule has 3 atom stereocenters. The molecule has 1 saturated carbocycles. The van der Waals surface area contributed by atoms with Crippen LogP contribution in [0.3, 0.4) is 0 Å². The van der Waals surface area contributed by atoms with Crippen LogP contribution in [0.1, 0.15) is 42.4 Å². The highest BCUT2D eigenvalue weighted by molar-refractivity contribution is 8.00. The van der Waals surface area contributed by atoms with Gasteiger partial charge in [0.1, 0.15) is 0 Å². The van der Waals surface area contributed by atoms with Crippen LogP contribution in [0.4, 0.5) is 0 Å². The van der Waals surface area contributed by atoms with Crippen LogP contribution < -0.4 is 0 Å². The maximum atomic E-state index is 5.43. The van der Waals surface area contributed by atoms with E-state index in [1.165, 1.54) is 66.0 Å². The fraction of sp³-hybridized carbons (Fsp3) is 0.130. The molecule has 0 N–H and O–H groups in total. The Kier molecular flexibility index (Phi) is 6.87. The molecule has 0 spiro atoms. The lowest BCUT2D eigenvalue weighted by atomic mass is 9.77. The number of nitrogens with zero attached hydrogens (tertiary/aromatic N) is 2. The van der Waals surface area contributed by atoms with Crippen molar-refractivity contribution in [2.75, 3.05) is 0 Å². The fourth-order valence-corrected chi connectivity index (χ4v) is 10.0. The molecule has 0 saturated heterocycles. The van der Waals surface area contributed by atoms with Gasteiger partial charge in [-0.25, -0.2) is 9.97 Å². The first kappa shape index (κ1) is 28.7. The number of hydrogen-bond acceptors (Lipinski definition) is 3. The van der Waals surface area contributed by atoms with Gasteiger partial charge in [0.15, 0.2) is 5.82 Å². The average Bonchev–Trinajstić information content (AvgIpc) is 3.55. The van der Waals surface area contributed by atoms with E-state index >= 15 is 0 Å². The summed E-state index contributed by atoms with van der Waals surface area (Å²) in [6.45, 7) is 0. The standard InChI is InChI=1S/C46H34N2S/c1-2-10-29(11-3-1)30-18-20-32(21-19-30)46-47-41(34-23-24-38-37-16-8-9-17-43(37)49-44(38)27-34)28-42(48-46)45-36-15-7-5-13-33(36)26-40-35-14-6-4-12-31(35)22-25-39(40)45/h1-22,25-26,28,34,38,44H,23-24,27H2. The van der Waals surface area contributed by atoms with Gasteiger partial charge in [-0.1, -0.05) is 133 Å². The zero-order chi connectivity index (χ0) is 32.3. The highest BCUT2D eigenvalue weighted by Gasteiger charge is 2.39. The monoisotopic (exact) mass is 646 g/mol. The number of thioether (sulfide) groups is 1. The van der Waals surface area contributed by atoms with Crippen molar-refractivity contribution < 1.29 is 0 Å². The van der Waals surface area contributed by atoms with Crippen LogP contribution in [0.15, 0.2) is 157 Å². The summed E-state index contributed by atoms with van der Waals surface area (Å²) in [5.74, 6) is 1.83. The second-order valence-corrected chi connectivity index (χ2v) is 14.9. The third-order valence-electron chi connectivity index (χ3n) is 10.8. The van der Waals surface area contributed by atoms with Crippen molar-refractivity contribution in [3.05, 3.63) is 163 Å². The maximum absolute atomic E-state index is 5.43. The second kappa shape index (κ2) is 11.7. The molecule has 7 aromatic carbocycles. The molecule has 2 nitrogen and oxygen atoms in total. The topological polar surface area (TPSA) is 25.8 Å². The van der Waals surface area contributed by atoms with Crippen molar-refractivity contribution in [1.82, 2.24) is 9.97 Å². The summed E-state index contributed by atoms with van der Waals surface area (Å²) in [7, 11) is 0. The highest BCUT2D eigenvalue weighted by atomic mass is 32.2. The summed E-state index contributed by atoms with van der Waals surface area (Å²) in [6.07, 6.45) is 3.47. The molecule has 10 rings (SSSR count). The molecule has 234 valence electrons. The molecule has 8 aromatic rings. The van der Waals surface area contributed by atoms with Crippen molar-refractivity contribution in [3.8, 4) is 33.8 Å². The molecule has 3 unspecified atom stereocenters. The Balaban J connectivity index is 1.15. The van der Waals surface area contributed by atoms with Crippen molar-refractivity contribution in [3.63, 3.8) is 0 Å². The van der Waals surface area contributed by atoms with Gasteiger partial charge in [0.25, 0.3) is 0 Å². The van der Waals surface area contributed by atoms with Gasteiger partial charge >= 0.3 is 0 Å². The number of benzene rings is 7. The molecule has 0 radical (unpaired) electrons. The molecular weight excluding hydrogens is 613 g/mol. The Morgan fingerprint density at radius 1 is 0.510 bits per heavy atom. The van der Waals surface area contributed by atoms with E-state index in [-0.39, 0.29) is 0 Å². The van der Waals surface area contributed by atoms with Gasteiger partial charge in [0.05, 0.1) is 5.69 Å². The third kappa shape index (κ3) is 4.95. The van der Waals surface area contributed by atoms with Crippen molar-refractivity contribution in [2.24, 2.45) is 0 Å². The first-order valence-electron chi connectivity index (χ1n) is 17.4.